The molecule has 0 fully saturated rings. The number of aryl methyl sites for hydroxylation is 1. The van der Waals surface area contributed by atoms with Crippen LogP contribution in [0.5, 0.6) is 5.75 Å². The molecular weight excluding hydrogens is 370 g/mol. The molecule has 0 aliphatic carbocycles. The molecule has 0 saturated heterocycles. The zero-order chi connectivity index (χ0) is 19.4. The standard InChI is InChI=1S/C18H20ClN5O3/c1-24-8-12(17(23-24)14-7-16(19)22-18(20)21-14)6-11-4-2-3-5-15(11)27-10-13(26)9-25/h2-5,7-8,13,25-26H,6,9-10H2,1H3,(H2,20,21,22). The number of hydrogen-bond donors (Lipinski definition) is 3. The summed E-state index contributed by atoms with van der Waals surface area (Å²) in [7, 11) is 1.82. The van der Waals surface area contributed by atoms with Gasteiger partial charge in [-0.05, 0) is 11.6 Å². The summed E-state index contributed by atoms with van der Waals surface area (Å²) < 4.78 is 7.34. The normalized spacial score (nSPS) is 12.1. The summed E-state index contributed by atoms with van der Waals surface area (Å²) in [5.74, 6) is 0.705. The van der Waals surface area contributed by atoms with Gasteiger partial charge in [-0.25, -0.2) is 9.97 Å². The molecule has 0 spiro atoms. The van der Waals surface area contributed by atoms with E-state index in [1.807, 2.05) is 37.5 Å². The van der Waals surface area contributed by atoms with Crippen LogP contribution in [0.25, 0.3) is 11.4 Å². The van der Waals surface area contributed by atoms with Gasteiger partial charge in [-0.2, -0.15) is 5.10 Å². The Bertz CT molecular complexity index is 911. The van der Waals surface area contributed by atoms with E-state index >= 15 is 0 Å². The molecular formula is C18H20ClN5O3. The van der Waals surface area contributed by atoms with Crippen LogP contribution in [0.1, 0.15) is 11.1 Å². The van der Waals surface area contributed by atoms with Crippen molar-refractivity contribution >= 4 is 17.5 Å². The molecule has 1 aromatic carbocycles. The van der Waals surface area contributed by atoms with Crippen molar-refractivity contribution in [2.24, 2.45) is 7.05 Å². The SMILES string of the molecule is Cn1cc(Cc2ccccc2OCC(O)CO)c(-c2cc(Cl)nc(N)n2)n1. The first-order valence-electron chi connectivity index (χ1n) is 8.29. The Hall–Kier alpha value is -2.68. The first kappa shape index (κ1) is 19.1. The molecule has 2 heterocycles. The third-order valence-corrected chi connectivity index (χ3v) is 4.05. The van der Waals surface area contributed by atoms with Crippen LogP contribution >= 0.6 is 11.6 Å². The molecule has 0 bridgehead atoms. The fraction of sp³-hybridized carbons (Fsp3) is 0.278. The second-order valence-corrected chi connectivity index (χ2v) is 6.43. The third kappa shape index (κ3) is 4.73. The topological polar surface area (TPSA) is 119 Å². The van der Waals surface area contributed by atoms with Crippen LogP contribution in [0.3, 0.4) is 0 Å². The van der Waals surface area contributed by atoms with Gasteiger partial charge >= 0.3 is 0 Å². The largest absolute Gasteiger partial charge is 0.491 e. The van der Waals surface area contributed by atoms with Gasteiger partial charge in [-0.1, -0.05) is 29.8 Å². The smallest absolute Gasteiger partial charge is 0.222 e. The van der Waals surface area contributed by atoms with E-state index in [-0.39, 0.29) is 24.3 Å². The number of halogens is 1. The number of para-hydroxylation sites is 1. The van der Waals surface area contributed by atoms with Crippen LogP contribution in [0.15, 0.2) is 36.5 Å². The van der Waals surface area contributed by atoms with Crippen LogP contribution in [0.4, 0.5) is 5.95 Å². The van der Waals surface area contributed by atoms with Crippen LogP contribution in [-0.2, 0) is 13.5 Å². The fourth-order valence-electron chi connectivity index (χ4n) is 2.67. The molecule has 0 amide bonds. The van der Waals surface area contributed by atoms with E-state index in [0.717, 1.165) is 11.1 Å². The average molecular weight is 390 g/mol. The summed E-state index contributed by atoms with van der Waals surface area (Å²) in [6, 6.07) is 9.11. The van der Waals surface area contributed by atoms with Gasteiger partial charge in [0.2, 0.25) is 5.95 Å². The van der Waals surface area contributed by atoms with E-state index in [0.29, 0.717) is 23.6 Å². The highest BCUT2D eigenvalue weighted by molar-refractivity contribution is 6.29. The monoisotopic (exact) mass is 389 g/mol. The molecule has 0 aliphatic rings. The second-order valence-electron chi connectivity index (χ2n) is 6.04. The van der Waals surface area contributed by atoms with Gasteiger partial charge in [0.1, 0.15) is 29.3 Å². The van der Waals surface area contributed by atoms with Gasteiger partial charge in [0.05, 0.1) is 12.3 Å². The Kier molecular flexibility index (Phi) is 5.90. The molecule has 1 atom stereocenters. The number of nitrogens with two attached hydrogens (primary N) is 1. The molecule has 4 N–H and O–H groups in total. The number of aliphatic hydroxyl groups excluding tert-OH is 2. The van der Waals surface area contributed by atoms with Crippen molar-refractivity contribution in [2.45, 2.75) is 12.5 Å². The Balaban J connectivity index is 1.91. The molecule has 27 heavy (non-hydrogen) atoms. The first-order chi connectivity index (χ1) is 13.0. The zero-order valence-corrected chi connectivity index (χ0v) is 15.5. The number of hydrogen-bond acceptors (Lipinski definition) is 7. The van der Waals surface area contributed by atoms with E-state index in [2.05, 4.69) is 15.1 Å². The van der Waals surface area contributed by atoms with Gasteiger partial charge in [0, 0.05) is 31.3 Å². The van der Waals surface area contributed by atoms with Crippen LogP contribution in [0, 0.1) is 0 Å². The minimum absolute atomic E-state index is 0.00542. The molecule has 0 radical (unpaired) electrons. The average Bonchev–Trinajstić information content (AvgIpc) is 3.00. The Morgan fingerprint density at radius 1 is 1.26 bits per heavy atom. The number of rotatable bonds is 7. The van der Waals surface area contributed by atoms with Crippen molar-refractivity contribution in [1.29, 1.82) is 0 Å². The van der Waals surface area contributed by atoms with Crippen molar-refractivity contribution in [2.75, 3.05) is 18.9 Å². The predicted octanol–water partition coefficient (Wildman–Crippen LogP) is 1.44. The summed E-state index contributed by atoms with van der Waals surface area (Å²) in [6.45, 7) is -0.351. The van der Waals surface area contributed by atoms with Crippen LogP contribution in [0.2, 0.25) is 5.15 Å². The number of anilines is 1. The highest BCUT2D eigenvalue weighted by Crippen LogP contribution is 2.28. The Morgan fingerprint density at radius 3 is 2.78 bits per heavy atom. The number of nitrogen functional groups attached to an aromatic ring is 1. The minimum Gasteiger partial charge on any atom is -0.491 e. The Labute approximate surface area is 161 Å². The summed E-state index contributed by atoms with van der Waals surface area (Å²) >= 11 is 6.00. The summed E-state index contributed by atoms with van der Waals surface area (Å²) in [4.78, 5) is 8.10. The molecule has 142 valence electrons. The quantitative estimate of drug-likeness (QED) is 0.523. The molecule has 0 aliphatic heterocycles. The third-order valence-electron chi connectivity index (χ3n) is 3.85. The van der Waals surface area contributed by atoms with Crippen molar-refractivity contribution in [3.05, 3.63) is 52.8 Å². The number of benzene rings is 1. The lowest BCUT2D eigenvalue weighted by Crippen LogP contribution is -2.21. The maximum absolute atomic E-state index is 9.52. The highest BCUT2D eigenvalue weighted by Gasteiger charge is 2.16. The maximum Gasteiger partial charge on any atom is 0.222 e. The molecule has 3 aromatic rings. The summed E-state index contributed by atoms with van der Waals surface area (Å²) in [6.07, 6.45) is 1.48. The fourth-order valence-corrected chi connectivity index (χ4v) is 2.86. The van der Waals surface area contributed by atoms with Gasteiger partial charge in [0.15, 0.2) is 0 Å². The van der Waals surface area contributed by atoms with Gasteiger partial charge in [0.25, 0.3) is 0 Å². The summed E-state index contributed by atoms with van der Waals surface area (Å²) in [5.41, 5.74) is 8.71. The number of aromatic nitrogens is 4. The van der Waals surface area contributed by atoms with Crippen molar-refractivity contribution in [3.63, 3.8) is 0 Å². The van der Waals surface area contributed by atoms with Gasteiger partial charge in [-0.15, -0.1) is 0 Å². The van der Waals surface area contributed by atoms with E-state index in [1.54, 1.807) is 10.7 Å². The zero-order valence-electron chi connectivity index (χ0n) is 14.7. The maximum atomic E-state index is 9.52. The van der Waals surface area contributed by atoms with Crippen molar-refractivity contribution < 1.29 is 14.9 Å². The molecule has 3 rings (SSSR count). The lowest BCUT2D eigenvalue weighted by atomic mass is 10.0. The molecule has 0 saturated carbocycles. The Morgan fingerprint density at radius 2 is 2.04 bits per heavy atom. The number of ether oxygens (including phenoxy) is 1. The predicted molar refractivity (Wildman–Crippen MR) is 101 cm³/mol. The summed E-state index contributed by atoms with van der Waals surface area (Å²) in [5, 5.41) is 23.2. The van der Waals surface area contributed by atoms with Crippen LogP contribution < -0.4 is 10.5 Å². The van der Waals surface area contributed by atoms with Crippen molar-refractivity contribution in [1.82, 2.24) is 19.7 Å². The van der Waals surface area contributed by atoms with Gasteiger partial charge in [-0.3, -0.25) is 4.68 Å². The highest BCUT2D eigenvalue weighted by atomic mass is 35.5. The van der Waals surface area contributed by atoms with E-state index in [1.165, 1.54) is 0 Å². The molecule has 2 aromatic heterocycles. The number of nitrogens with zero attached hydrogens (tertiary/aromatic N) is 4. The van der Waals surface area contributed by atoms with E-state index in [9.17, 15) is 5.11 Å². The molecule has 1 unspecified atom stereocenters. The van der Waals surface area contributed by atoms with Crippen LogP contribution in [-0.4, -0.2) is 49.3 Å². The second kappa shape index (κ2) is 8.34. The van der Waals surface area contributed by atoms with E-state index in [4.69, 9.17) is 27.2 Å². The van der Waals surface area contributed by atoms with E-state index < -0.39 is 6.10 Å². The number of aliphatic hydroxyl groups is 2. The lowest BCUT2D eigenvalue weighted by molar-refractivity contribution is 0.0533. The first-order valence-corrected chi connectivity index (χ1v) is 8.66. The molecule has 9 heteroatoms. The van der Waals surface area contributed by atoms with Crippen molar-refractivity contribution in [3.8, 4) is 17.1 Å². The van der Waals surface area contributed by atoms with Gasteiger partial charge < -0.3 is 20.7 Å². The molecule has 8 nitrogen and oxygen atoms in total. The lowest BCUT2D eigenvalue weighted by Gasteiger charge is -2.13. The minimum atomic E-state index is -0.932.